The molecule has 37 heavy (non-hydrogen) atoms. The molecule has 3 aliphatic rings. The monoisotopic (exact) mass is 514 g/mol. The highest BCUT2D eigenvalue weighted by atomic mass is 16.5. The van der Waals surface area contributed by atoms with Crippen molar-refractivity contribution in [2.45, 2.75) is 46.0 Å². The van der Waals surface area contributed by atoms with E-state index in [2.05, 4.69) is 19.6 Å². The van der Waals surface area contributed by atoms with Crippen molar-refractivity contribution in [1.29, 1.82) is 0 Å². The molecule has 1 unspecified atom stereocenters. The molecule has 2 aliphatic heterocycles. The lowest BCUT2D eigenvalue weighted by Crippen LogP contribution is -2.41. The van der Waals surface area contributed by atoms with Gasteiger partial charge < -0.3 is 18.9 Å². The molecular weight excluding hydrogens is 472 g/mol. The van der Waals surface area contributed by atoms with Crippen LogP contribution in [0.5, 0.6) is 11.5 Å². The van der Waals surface area contributed by atoms with Crippen molar-refractivity contribution in [1.82, 2.24) is 9.80 Å². The third-order valence-electron chi connectivity index (χ3n) is 6.55. The van der Waals surface area contributed by atoms with Crippen molar-refractivity contribution in [3.05, 3.63) is 47.6 Å². The van der Waals surface area contributed by atoms with E-state index in [4.69, 9.17) is 18.9 Å². The van der Waals surface area contributed by atoms with Crippen LogP contribution in [0.1, 0.15) is 50.2 Å². The van der Waals surface area contributed by atoms with E-state index in [-0.39, 0.29) is 30.9 Å². The lowest BCUT2D eigenvalue weighted by atomic mass is 9.84. The summed E-state index contributed by atoms with van der Waals surface area (Å²) < 4.78 is 22.6. The van der Waals surface area contributed by atoms with Crippen LogP contribution in [0.4, 0.5) is 0 Å². The number of benzene rings is 1. The van der Waals surface area contributed by atoms with Crippen molar-refractivity contribution >= 4 is 11.9 Å². The number of aryl methyl sites for hydroxylation is 1. The molecule has 0 bridgehead atoms. The summed E-state index contributed by atoms with van der Waals surface area (Å²) in [6.45, 7) is 15.1. The molecule has 0 saturated carbocycles. The molecule has 2 fully saturated rings. The zero-order valence-corrected chi connectivity index (χ0v) is 22.6. The summed E-state index contributed by atoms with van der Waals surface area (Å²) in [4.78, 5) is 29.8. The fraction of sp³-hybridized carbons (Fsp3) is 0.586. The minimum atomic E-state index is -0.309. The summed E-state index contributed by atoms with van der Waals surface area (Å²) in [6, 6.07) is 3.76. The molecule has 8 heteroatoms. The van der Waals surface area contributed by atoms with Crippen LogP contribution >= 0.6 is 0 Å². The van der Waals surface area contributed by atoms with E-state index in [0.717, 1.165) is 30.4 Å². The molecule has 1 aromatic carbocycles. The second-order valence-electron chi connectivity index (χ2n) is 9.82. The van der Waals surface area contributed by atoms with Gasteiger partial charge in [-0.3, -0.25) is 19.4 Å². The number of morpholine rings is 2. The van der Waals surface area contributed by atoms with Gasteiger partial charge in [0.2, 0.25) is 0 Å². The molecule has 1 atom stereocenters. The molecule has 0 radical (unpaired) electrons. The van der Waals surface area contributed by atoms with Crippen molar-refractivity contribution in [2.75, 3.05) is 65.7 Å². The van der Waals surface area contributed by atoms with E-state index in [1.165, 1.54) is 5.57 Å². The Morgan fingerprint density at radius 2 is 1.41 bits per heavy atom. The van der Waals surface area contributed by atoms with E-state index < -0.39 is 0 Å². The van der Waals surface area contributed by atoms with E-state index in [1.807, 2.05) is 35.8 Å². The second-order valence-corrected chi connectivity index (χ2v) is 9.82. The van der Waals surface area contributed by atoms with Gasteiger partial charge in [0.25, 0.3) is 0 Å². The number of carbonyl (C=O) groups is 2. The molecule has 2 saturated heterocycles. The Balaban J connectivity index is 0.00000121. The summed E-state index contributed by atoms with van der Waals surface area (Å²) in [7, 11) is 0. The largest absolute Gasteiger partial charge is 0.425 e. The number of rotatable bonds is 7. The standard InChI is InChI=1S/C26H36N2O6.C3H6/c1-19-4-3-5-21(14-19)26-22(33-24(29)17-27-6-10-31-11-7-27)15-20(2)16-23(26)34-25(30)18-28-8-12-32-13-9-28;1-3-2/h14-16,21H,3-13,17-18H2,1-2H3;3H,1H2,2H3. The van der Waals surface area contributed by atoms with Crippen LogP contribution < -0.4 is 9.47 Å². The molecule has 0 aromatic heterocycles. The Morgan fingerprint density at radius 3 is 1.84 bits per heavy atom. The first-order valence-corrected chi connectivity index (χ1v) is 13.3. The van der Waals surface area contributed by atoms with Gasteiger partial charge in [-0.25, -0.2) is 0 Å². The molecule has 1 aromatic rings. The minimum Gasteiger partial charge on any atom is -0.425 e. The average molecular weight is 515 g/mol. The third kappa shape index (κ3) is 9.38. The maximum atomic E-state index is 12.8. The molecule has 204 valence electrons. The van der Waals surface area contributed by atoms with Gasteiger partial charge >= 0.3 is 11.9 Å². The zero-order chi connectivity index (χ0) is 26.6. The minimum absolute atomic E-state index is 0.0340. The van der Waals surface area contributed by atoms with Gasteiger partial charge in [-0.05, 0) is 57.7 Å². The number of nitrogens with zero attached hydrogens (tertiary/aromatic N) is 2. The number of esters is 2. The first-order valence-electron chi connectivity index (χ1n) is 13.3. The number of allylic oxidation sites excluding steroid dienone is 3. The lowest BCUT2D eigenvalue weighted by molar-refractivity contribution is -0.137. The summed E-state index contributed by atoms with van der Waals surface area (Å²) in [6.07, 6.45) is 6.99. The molecule has 0 amide bonds. The van der Waals surface area contributed by atoms with E-state index in [1.54, 1.807) is 6.08 Å². The van der Waals surface area contributed by atoms with Crippen LogP contribution in [-0.2, 0) is 19.1 Å². The number of hydrogen-bond donors (Lipinski definition) is 0. The van der Waals surface area contributed by atoms with E-state index in [9.17, 15) is 9.59 Å². The number of ether oxygens (including phenoxy) is 4. The zero-order valence-electron chi connectivity index (χ0n) is 22.6. The molecular formula is C29H42N2O6. The quantitative estimate of drug-likeness (QED) is 0.308. The van der Waals surface area contributed by atoms with E-state index in [0.29, 0.717) is 64.1 Å². The lowest BCUT2D eigenvalue weighted by Gasteiger charge is -2.28. The summed E-state index contributed by atoms with van der Waals surface area (Å²) in [5, 5.41) is 0. The highest BCUT2D eigenvalue weighted by Crippen LogP contribution is 2.42. The SMILES string of the molecule is C=CC.CC1=CC(c2c(OC(=O)CN3CCOCC3)cc(C)cc2OC(=O)CN2CCOCC2)CCC1. The molecule has 0 spiro atoms. The fourth-order valence-corrected chi connectivity index (χ4v) is 4.80. The summed E-state index contributed by atoms with van der Waals surface area (Å²) >= 11 is 0. The van der Waals surface area contributed by atoms with Gasteiger partial charge in [0.15, 0.2) is 0 Å². The summed E-state index contributed by atoms with van der Waals surface area (Å²) in [5.74, 6) is 0.394. The Labute approximate surface area is 221 Å². The third-order valence-corrected chi connectivity index (χ3v) is 6.55. The Morgan fingerprint density at radius 1 is 0.946 bits per heavy atom. The topological polar surface area (TPSA) is 77.5 Å². The first kappa shape index (κ1) is 29.0. The molecule has 0 N–H and O–H groups in total. The molecule has 1 aliphatic carbocycles. The van der Waals surface area contributed by atoms with Crippen molar-refractivity contribution in [3.8, 4) is 11.5 Å². The molecule has 4 rings (SSSR count). The van der Waals surface area contributed by atoms with Gasteiger partial charge in [0.05, 0.1) is 39.5 Å². The van der Waals surface area contributed by atoms with Gasteiger partial charge in [0, 0.05) is 37.7 Å². The highest BCUT2D eigenvalue weighted by Gasteiger charge is 2.27. The number of hydrogen-bond acceptors (Lipinski definition) is 8. The normalized spacial score (nSPS) is 20.7. The van der Waals surface area contributed by atoms with Gasteiger partial charge in [-0.15, -0.1) is 6.58 Å². The van der Waals surface area contributed by atoms with Crippen molar-refractivity contribution in [2.24, 2.45) is 0 Å². The van der Waals surface area contributed by atoms with Gasteiger partial charge in [0.1, 0.15) is 11.5 Å². The van der Waals surface area contributed by atoms with Crippen molar-refractivity contribution in [3.63, 3.8) is 0 Å². The Hall–Kier alpha value is -2.52. The second kappa shape index (κ2) is 15.0. The van der Waals surface area contributed by atoms with Crippen LogP contribution in [0.15, 0.2) is 36.4 Å². The Kier molecular flexibility index (Phi) is 11.8. The predicted molar refractivity (Wildman–Crippen MR) is 143 cm³/mol. The Bertz CT molecular complexity index is 893. The van der Waals surface area contributed by atoms with Crippen LogP contribution in [0.2, 0.25) is 0 Å². The summed E-state index contributed by atoms with van der Waals surface area (Å²) in [5.41, 5.74) is 2.96. The number of carbonyl (C=O) groups excluding carboxylic acids is 2. The van der Waals surface area contributed by atoms with Gasteiger partial charge in [-0.1, -0.05) is 17.7 Å². The molecule has 2 heterocycles. The molecule has 8 nitrogen and oxygen atoms in total. The fourth-order valence-electron chi connectivity index (χ4n) is 4.80. The van der Waals surface area contributed by atoms with Gasteiger partial charge in [-0.2, -0.15) is 0 Å². The van der Waals surface area contributed by atoms with E-state index >= 15 is 0 Å². The first-order chi connectivity index (χ1) is 17.9. The van der Waals surface area contributed by atoms with Crippen molar-refractivity contribution < 1.29 is 28.5 Å². The predicted octanol–water partition coefficient (Wildman–Crippen LogP) is 3.88. The average Bonchev–Trinajstić information content (AvgIpc) is 2.85. The smallest absolute Gasteiger partial charge is 0.325 e. The van der Waals surface area contributed by atoms with Crippen LogP contribution in [-0.4, -0.2) is 87.4 Å². The highest BCUT2D eigenvalue weighted by molar-refractivity contribution is 5.78. The van der Waals surface area contributed by atoms with Crippen LogP contribution in [0.3, 0.4) is 0 Å². The van der Waals surface area contributed by atoms with Crippen LogP contribution in [0, 0.1) is 6.92 Å². The van der Waals surface area contributed by atoms with Crippen LogP contribution in [0.25, 0.3) is 0 Å². The maximum absolute atomic E-state index is 12.8. The maximum Gasteiger partial charge on any atom is 0.325 e.